The molecule has 20 heavy (non-hydrogen) atoms. The smallest absolute Gasteiger partial charge is 0.132 e. The standard InChI is InChI=1S/C15H17Cl2N3/c1-8(2)20-14(18)13(19-15(20)9-6-7-9)10-4-3-5-11(16)12(10)17/h3-5,8-9H,6-7,18H2,1-2H3. The summed E-state index contributed by atoms with van der Waals surface area (Å²) in [5, 5.41) is 1.03. The number of imidazole rings is 1. The average Bonchev–Trinajstić information content (AvgIpc) is 3.17. The monoisotopic (exact) mass is 309 g/mol. The number of hydrogen-bond acceptors (Lipinski definition) is 2. The molecule has 3 rings (SSSR count). The van der Waals surface area contributed by atoms with Crippen LogP contribution in [0.1, 0.15) is 44.5 Å². The molecule has 0 unspecified atom stereocenters. The molecule has 5 heteroatoms. The molecule has 1 saturated carbocycles. The van der Waals surface area contributed by atoms with Crippen molar-refractivity contribution >= 4 is 29.0 Å². The summed E-state index contributed by atoms with van der Waals surface area (Å²) in [6.45, 7) is 4.24. The highest BCUT2D eigenvalue weighted by atomic mass is 35.5. The van der Waals surface area contributed by atoms with Gasteiger partial charge in [0.2, 0.25) is 0 Å². The number of nitrogens with zero attached hydrogens (tertiary/aromatic N) is 2. The Kier molecular flexibility index (Phi) is 3.43. The van der Waals surface area contributed by atoms with Crippen LogP contribution in [0.5, 0.6) is 0 Å². The Morgan fingerprint density at radius 3 is 2.60 bits per heavy atom. The molecular weight excluding hydrogens is 293 g/mol. The third kappa shape index (κ3) is 2.19. The molecule has 1 heterocycles. The fourth-order valence-electron chi connectivity index (χ4n) is 2.52. The Morgan fingerprint density at radius 2 is 2.00 bits per heavy atom. The quantitative estimate of drug-likeness (QED) is 0.876. The fourth-order valence-corrected chi connectivity index (χ4v) is 2.91. The second-order valence-electron chi connectivity index (χ2n) is 5.54. The molecule has 0 aliphatic heterocycles. The van der Waals surface area contributed by atoms with Gasteiger partial charge in [0.05, 0.1) is 10.0 Å². The minimum absolute atomic E-state index is 0.282. The minimum Gasteiger partial charge on any atom is -0.383 e. The lowest BCUT2D eigenvalue weighted by molar-refractivity contribution is 0.576. The van der Waals surface area contributed by atoms with Crippen LogP contribution in [0, 0.1) is 0 Å². The van der Waals surface area contributed by atoms with Crippen LogP contribution in [0.3, 0.4) is 0 Å². The van der Waals surface area contributed by atoms with Crippen molar-refractivity contribution in [3.05, 3.63) is 34.1 Å². The average molecular weight is 310 g/mol. The van der Waals surface area contributed by atoms with E-state index in [1.54, 1.807) is 6.07 Å². The first-order valence-corrected chi connectivity index (χ1v) is 7.58. The highest BCUT2D eigenvalue weighted by Gasteiger charge is 2.32. The molecule has 0 spiro atoms. The molecule has 1 aromatic heterocycles. The molecule has 2 N–H and O–H groups in total. The molecule has 1 aliphatic rings. The summed E-state index contributed by atoms with van der Waals surface area (Å²) < 4.78 is 2.12. The molecule has 0 radical (unpaired) electrons. The number of halogens is 2. The predicted molar refractivity (Wildman–Crippen MR) is 84.5 cm³/mol. The van der Waals surface area contributed by atoms with Gasteiger partial charge in [0.1, 0.15) is 17.3 Å². The van der Waals surface area contributed by atoms with Crippen LogP contribution in [-0.4, -0.2) is 9.55 Å². The van der Waals surface area contributed by atoms with E-state index in [0.29, 0.717) is 21.8 Å². The maximum absolute atomic E-state index is 6.32. The fraction of sp³-hybridized carbons (Fsp3) is 0.400. The molecule has 2 aromatic rings. The van der Waals surface area contributed by atoms with Gasteiger partial charge in [0.25, 0.3) is 0 Å². The molecule has 1 fully saturated rings. The van der Waals surface area contributed by atoms with Crippen molar-refractivity contribution in [1.82, 2.24) is 9.55 Å². The Bertz CT molecular complexity index is 657. The summed E-state index contributed by atoms with van der Waals surface area (Å²) >= 11 is 12.4. The molecule has 3 nitrogen and oxygen atoms in total. The molecular formula is C15H17Cl2N3. The van der Waals surface area contributed by atoms with Crippen LogP contribution in [0.4, 0.5) is 5.82 Å². The minimum atomic E-state index is 0.282. The van der Waals surface area contributed by atoms with Gasteiger partial charge in [-0.2, -0.15) is 0 Å². The number of nitrogens with two attached hydrogens (primary N) is 1. The molecule has 1 aromatic carbocycles. The zero-order valence-electron chi connectivity index (χ0n) is 11.5. The van der Waals surface area contributed by atoms with Gasteiger partial charge in [-0.15, -0.1) is 0 Å². The topological polar surface area (TPSA) is 43.8 Å². The molecule has 1 aliphatic carbocycles. The summed E-state index contributed by atoms with van der Waals surface area (Å²) in [5.41, 5.74) is 7.87. The first kappa shape index (κ1) is 13.8. The van der Waals surface area contributed by atoms with Crippen molar-refractivity contribution < 1.29 is 0 Å². The number of hydrogen-bond donors (Lipinski definition) is 1. The van der Waals surface area contributed by atoms with Crippen molar-refractivity contribution in [1.29, 1.82) is 0 Å². The van der Waals surface area contributed by atoms with E-state index in [9.17, 15) is 0 Å². The largest absolute Gasteiger partial charge is 0.383 e. The Labute approximate surface area is 128 Å². The molecule has 0 bridgehead atoms. The maximum Gasteiger partial charge on any atom is 0.132 e. The van der Waals surface area contributed by atoms with E-state index >= 15 is 0 Å². The lowest BCUT2D eigenvalue weighted by atomic mass is 10.1. The van der Waals surface area contributed by atoms with Crippen LogP contribution >= 0.6 is 23.2 Å². The van der Waals surface area contributed by atoms with E-state index in [1.807, 2.05) is 12.1 Å². The lowest BCUT2D eigenvalue weighted by Gasteiger charge is -2.13. The van der Waals surface area contributed by atoms with E-state index < -0.39 is 0 Å². The number of nitrogen functional groups attached to an aromatic ring is 1. The second kappa shape index (κ2) is 4.97. The summed E-state index contributed by atoms with van der Waals surface area (Å²) in [7, 11) is 0. The van der Waals surface area contributed by atoms with E-state index in [4.69, 9.17) is 33.9 Å². The summed E-state index contributed by atoms with van der Waals surface area (Å²) in [5.74, 6) is 2.28. The van der Waals surface area contributed by atoms with Gasteiger partial charge >= 0.3 is 0 Å². The lowest BCUT2D eigenvalue weighted by Crippen LogP contribution is -2.08. The van der Waals surface area contributed by atoms with Crippen LogP contribution < -0.4 is 5.73 Å². The van der Waals surface area contributed by atoms with Crippen molar-refractivity contribution in [2.45, 2.75) is 38.6 Å². The first-order chi connectivity index (χ1) is 9.50. The number of aromatic nitrogens is 2. The summed E-state index contributed by atoms with van der Waals surface area (Å²) in [6, 6.07) is 5.83. The highest BCUT2D eigenvalue weighted by Crippen LogP contribution is 2.44. The van der Waals surface area contributed by atoms with Gasteiger partial charge in [-0.25, -0.2) is 4.98 Å². The van der Waals surface area contributed by atoms with Gasteiger partial charge in [-0.3, -0.25) is 0 Å². The highest BCUT2D eigenvalue weighted by molar-refractivity contribution is 6.43. The van der Waals surface area contributed by atoms with E-state index in [2.05, 4.69) is 18.4 Å². The number of anilines is 1. The van der Waals surface area contributed by atoms with E-state index in [1.165, 1.54) is 12.8 Å². The van der Waals surface area contributed by atoms with Crippen LogP contribution in [0.25, 0.3) is 11.3 Å². The summed E-state index contributed by atoms with van der Waals surface area (Å²) in [6.07, 6.45) is 2.37. The number of benzene rings is 1. The molecule has 0 saturated heterocycles. The summed E-state index contributed by atoms with van der Waals surface area (Å²) in [4.78, 5) is 4.76. The van der Waals surface area contributed by atoms with Crippen molar-refractivity contribution in [2.24, 2.45) is 0 Å². The van der Waals surface area contributed by atoms with Crippen LogP contribution in [0.15, 0.2) is 18.2 Å². The van der Waals surface area contributed by atoms with Gasteiger partial charge in [-0.1, -0.05) is 35.3 Å². The number of rotatable bonds is 3. The SMILES string of the molecule is CC(C)n1c(C2CC2)nc(-c2cccc(Cl)c2Cl)c1N. The Morgan fingerprint density at radius 1 is 1.30 bits per heavy atom. The third-order valence-corrected chi connectivity index (χ3v) is 4.46. The van der Waals surface area contributed by atoms with E-state index in [-0.39, 0.29) is 6.04 Å². The molecule has 106 valence electrons. The van der Waals surface area contributed by atoms with Crippen molar-refractivity contribution in [3.8, 4) is 11.3 Å². The van der Waals surface area contributed by atoms with Crippen LogP contribution in [0.2, 0.25) is 10.0 Å². The van der Waals surface area contributed by atoms with Crippen LogP contribution in [-0.2, 0) is 0 Å². The van der Waals surface area contributed by atoms with Crippen molar-refractivity contribution in [2.75, 3.05) is 5.73 Å². The van der Waals surface area contributed by atoms with E-state index in [0.717, 1.165) is 17.1 Å². The first-order valence-electron chi connectivity index (χ1n) is 6.82. The zero-order valence-corrected chi connectivity index (χ0v) is 13.0. The predicted octanol–water partition coefficient (Wildman–Crippen LogP) is 4.90. The third-order valence-electron chi connectivity index (χ3n) is 3.64. The van der Waals surface area contributed by atoms with Gasteiger partial charge < -0.3 is 10.3 Å². The second-order valence-corrected chi connectivity index (χ2v) is 6.33. The normalized spacial score (nSPS) is 15.1. The molecule has 0 atom stereocenters. The Hall–Kier alpha value is -1.19. The van der Waals surface area contributed by atoms with Gasteiger partial charge in [-0.05, 0) is 32.8 Å². The zero-order chi connectivity index (χ0) is 14.4. The van der Waals surface area contributed by atoms with Gasteiger partial charge in [0, 0.05) is 17.5 Å². The maximum atomic E-state index is 6.32. The Balaban J connectivity index is 2.19. The van der Waals surface area contributed by atoms with Gasteiger partial charge in [0.15, 0.2) is 0 Å². The van der Waals surface area contributed by atoms with Crippen molar-refractivity contribution in [3.63, 3.8) is 0 Å². The molecule has 0 amide bonds.